The van der Waals surface area contributed by atoms with Gasteiger partial charge in [0.1, 0.15) is 5.75 Å². The third-order valence-corrected chi connectivity index (χ3v) is 4.92. The molecule has 1 aliphatic heterocycles. The molecule has 0 saturated carbocycles. The van der Waals surface area contributed by atoms with Crippen LogP contribution >= 0.6 is 23.2 Å². The van der Waals surface area contributed by atoms with Gasteiger partial charge in [0.05, 0.1) is 28.5 Å². The molecular weight excluding hydrogens is 359 g/mol. The molecule has 0 aliphatic carbocycles. The molecule has 2 aromatic rings. The lowest BCUT2D eigenvalue weighted by molar-refractivity contribution is 0.102. The van der Waals surface area contributed by atoms with Crippen LogP contribution in [-0.2, 0) is 0 Å². The monoisotopic (exact) mass is 378 g/mol. The summed E-state index contributed by atoms with van der Waals surface area (Å²) >= 11 is 12.5. The number of benzene rings is 2. The van der Waals surface area contributed by atoms with Gasteiger partial charge in [-0.25, -0.2) is 0 Å². The minimum Gasteiger partial charge on any atom is -0.495 e. The van der Waals surface area contributed by atoms with Crippen LogP contribution in [0.1, 0.15) is 29.6 Å². The second kappa shape index (κ2) is 7.98. The number of carbonyl (C=O) groups is 1. The molecule has 0 aromatic heterocycles. The van der Waals surface area contributed by atoms with E-state index in [1.165, 1.54) is 13.5 Å². The number of ether oxygens (including phenoxy) is 1. The van der Waals surface area contributed by atoms with Gasteiger partial charge in [-0.05, 0) is 49.6 Å². The Morgan fingerprint density at radius 1 is 1.08 bits per heavy atom. The van der Waals surface area contributed by atoms with Gasteiger partial charge >= 0.3 is 0 Å². The second-order valence-electron chi connectivity index (χ2n) is 5.99. The first-order valence-electron chi connectivity index (χ1n) is 8.28. The summed E-state index contributed by atoms with van der Waals surface area (Å²) in [6, 6.07) is 10.5. The minimum absolute atomic E-state index is 0.231. The summed E-state index contributed by atoms with van der Waals surface area (Å²) in [5, 5.41) is 4.01. The van der Waals surface area contributed by atoms with Crippen molar-refractivity contribution in [2.45, 2.75) is 19.3 Å². The molecule has 0 radical (unpaired) electrons. The number of nitrogens with one attached hydrogen (secondary N) is 1. The molecule has 0 bridgehead atoms. The quantitative estimate of drug-likeness (QED) is 0.790. The van der Waals surface area contributed by atoms with Crippen LogP contribution in [0.15, 0.2) is 36.4 Å². The molecular formula is C19H20Cl2N2O2. The Morgan fingerprint density at radius 2 is 1.84 bits per heavy atom. The predicted molar refractivity (Wildman–Crippen MR) is 103 cm³/mol. The van der Waals surface area contributed by atoms with Gasteiger partial charge in [0.15, 0.2) is 0 Å². The largest absolute Gasteiger partial charge is 0.495 e. The van der Waals surface area contributed by atoms with E-state index in [0.29, 0.717) is 27.0 Å². The molecule has 1 saturated heterocycles. The summed E-state index contributed by atoms with van der Waals surface area (Å²) in [6.07, 6.45) is 3.49. The van der Waals surface area contributed by atoms with E-state index >= 15 is 0 Å². The maximum atomic E-state index is 12.6. The molecule has 2 aromatic carbocycles. The molecule has 1 heterocycles. The summed E-state index contributed by atoms with van der Waals surface area (Å²) in [5.74, 6) is 0.306. The normalized spacial score (nSPS) is 14.3. The average Bonchev–Trinajstić information content (AvgIpc) is 2.62. The zero-order valence-electron chi connectivity index (χ0n) is 14.0. The van der Waals surface area contributed by atoms with Crippen LogP contribution in [0.25, 0.3) is 0 Å². The van der Waals surface area contributed by atoms with Gasteiger partial charge in [0.2, 0.25) is 0 Å². The Kier molecular flexibility index (Phi) is 5.71. The molecule has 1 amide bonds. The minimum atomic E-state index is -0.231. The summed E-state index contributed by atoms with van der Waals surface area (Å²) in [7, 11) is 1.54. The zero-order chi connectivity index (χ0) is 17.8. The first-order valence-corrected chi connectivity index (χ1v) is 9.04. The Balaban J connectivity index is 1.86. The maximum Gasteiger partial charge on any atom is 0.255 e. The second-order valence-corrected chi connectivity index (χ2v) is 6.80. The number of rotatable bonds is 4. The Bertz CT molecular complexity index is 774. The van der Waals surface area contributed by atoms with Crippen LogP contribution in [0.2, 0.25) is 10.0 Å². The van der Waals surface area contributed by atoms with Gasteiger partial charge in [-0.3, -0.25) is 4.79 Å². The number of piperidine rings is 1. The van der Waals surface area contributed by atoms with Crippen LogP contribution in [0.3, 0.4) is 0 Å². The van der Waals surface area contributed by atoms with Gasteiger partial charge in [0, 0.05) is 18.7 Å². The number of carbonyl (C=O) groups excluding carboxylic acids is 1. The molecule has 6 heteroatoms. The van der Waals surface area contributed by atoms with Gasteiger partial charge < -0.3 is 15.0 Å². The lowest BCUT2D eigenvalue weighted by Crippen LogP contribution is -2.30. The Morgan fingerprint density at radius 3 is 2.52 bits per heavy atom. The van der Waals surface area contributed by atoms with E-state index in [1.807, 2.05) is 18.2 Å². The summed E-state index contributed by atoms with van der Waals surface area (Å²) in [6.45, 7) is 1.89. The highest BCUT2D eigenvalue weighted by atomic mass is 35.5. The Hall–Kier alpha value is -1.91. The molecule has 3 rings (SSSR count). The number of anilines is 2. The third kappa shape index (κ3) is 4.02. The lowest BCUT2D eigenvalue weighted by atomic mass is 10.1. The molecule has 1 aliphatic rings. The molecule has 132 valence electrons. The highest BCUT2D eigenvalue weighted by Gasteiger charge is 2.19. The van der Waals surface area contributed by atoms with Crippen LogP contribution in [0.5, 0.6) is 5.75 Å². The number of halogens is 2. The molecule has 25 heavy (non-hydrogen) atoms. The van der Waals surface area contributed by atoms with Crippen molar-refractivity contribution in [3.63, 3.8) is 0 Å². The van der Waals surface area contributed by atoms with Crippen molar-refractivity contribution in [2.24, 2.45) is 0 Å². The average molecular weight is 379 g/mol. The maximum absolute atomic E-state index is 12.6. The summed E-state index contributed by atoms with van der Waals surface area (Å²) < 4.78 is 5.12. The van der Waals surface area contributed by atoms with Crippen molar-refractivity contribution in [3.05, 3.63) is 52.0 Å². The third-order valence-electron chi connectivity index (χ3n) is 4.32. The van der Waals surface area contributed by atoms with Crippen LogP contribution in [0, 0.1) is 0 Å². The van der Waals surface area contributed by atoms with E-state index in [-0.39, 0.29) is 5.91 Å². The van der Waals surface area contributed by atoms with Crippen LogP contribution < -0.4 is 15.0 Å². The first-order chi connectivity index (χ1) is 12.1. The molecule has 1 N–H and O–H groups in total. The van der Waals surface area contributed by atoms with Crippen molar-refractivity contribution in [1.82, 2.24) is 0 Å². The molecule has 4 nitrogen and oxygen atoms in total. The first kappa shape index (κ1) is 17.9. The van der Waals surface area contributed by atoms with Gasteiger partial charge in [-0.2, -0.15) is 0 Å². The van der Waals surface area contributed by atoms with Crippen molar-refractivity contribution in [2.75, 3.05) is 30.4 Å². The van der Waals surface area contributed by atoms with Gasteiger partial charge in [-0.15, -0.1) is 0 Å². The fourth-order valence-electron chi connectivity index (χ4n) is 3.06. The zero-order valence-corrected chi connectivity index (χ0v) is 15.5. The Labute approximate surface area is 157 Å². The number of hydrogen-bond acceptors (Lipinski definition) is 3. The number of amides is 1. The van der Waals surface area contributed by atoms with Gasteiger partial charge in [-0.1, -0.05) is 29.3 Å². The van der Waals surface area contributed by atoms with Crippen LogP contribution in [0.4, 0.5) is 11.4 Å². The summed E-state index contributed by atoms with van der Waals surface area (Å²) in [4.78, 5) is 14.9. The molecule has 0 spiro atoms. The predicted octanol–water partition coefficient (Wildman–Crippen LogP) is 5.24. The fourth-order valence-corrected chi connectivity index (χ4v) is 3.61. The fraction of sp³-hybridized carbons (Fsp3) is 0.316. The number of hydrogen-bond donors (Lipinski definition) is 1. The van der Waals surface area contributed by atoms with E-state index < -0.39 is 0 Å². The molecule has 0 unspecified atom stereocenters. The van der Waals surface area contributed by atoms with Crippen molar-refractivity contribution in [3.8, 4) is 5.75 Å². The summed E-state index contributed by atoms with van der Waals surface area (Å²) in [5.41, 5.74) is 2.07. The number of methoxy groups -OCH3 is 1. The van der Waals surface area contributed by atoms with E-state index in [4.69, 9.17) is 27.9 Å². The number of para-hydroxylation sites is 1. The standard InChI is InChI=1S/C19H20Cl2N2O2/c1-25-17-9-8-13(12-15(17)21)19(24)22-16-7-5-6-14(20)18(16)23-10-3-2-4-11-23/h5-9,12H,2-4,10-11H2,1H3,(H,22,24). The van der Waals surface area contributed by atoms with Crippen molar-refractivity contribution >= 4 is 40.5 Å². The smallest absolute Gasteiger partial charge is 0.255 e. The number of nitrogens with zero attached hydrogens (tertiary/aromatic N) is 1. The van der Waals surface area contributed by atoms with Crippen molar-refractivity contribution < 1.29 is 9.53 Å². The van der Waals surface area contributed by atoms with Gasteiger partial charge in [0.25, 0.3) is 5.91 Å². The lowest BCUT2D eigenvalue weighted by Gasteiger charge is -2.31. The molecule has 1 fully saturated rings. The SMILES string of the molecule is COc1ccc(C(=O)Nc2cccc(Cl)c2N2CCCCC2)cc1Cl. The van der Waals surface area contributed by atoms with Crippen molar-refractivity contribution in [1.29, 1.82) is 0 Å². The van der Waals surface area contributed by atoms with Crippen LogP contribution in [-0.4, -0.2) is 26.1 Å². The van der Waals surface area contributed by atoms with E-state index in [1.54, 1.807) is 18.2 Å². The highest BCUT2D eigenvalue weighted by molar-refractivity contribution is 6.34. The van der Waals surface area contributed by atoms with E-state index in [2.05, 4.69) is 10.2 Å². The van der Waals surface area contributed by atoms with E-state index in [9.17, 15) is 4.79 Å². The topological polar surface area (TPSA) is 41.6 Å². The highest BCUT2D eigenvalue weighted by Crippen LogP contribution is 2.36. The molecule has 0 atom stereocenters. The van der Waals surface area contributed by atoms with E-state index in [0.717, 1.165) is 31.6 Å².